The maximum Gasteiger partial charge on any atom is 0.484 e. The van der Waals surface area contributed by atoms with E-state index in [-0.39, 0.29) is 0 Å². The summed E-state index contributed by atoms with van der Waals surface area (Å²) in [6, 6.07) is 0. The minimum absolute atomic E-state index is 0.412. The Hall–Kier alpha value is -0.143. The van der Waals surface area contributed by atoms with Gasteiger partial charge in [0.25, 0.3) is 0 Å². The van der Waals surface area contributed by atoms with Crippen LogP contribution in [0.3, 0.4) is 0 Å². The second-order valence-corrected chi connectivity index (χ2v) is 6.29. The van der Waals surface area contributed by atoms with Crippen molar-refractivity contribution in [1.29, 1.82) is 0 Å². The average Bonchev–Trinajstić information content (AvgIpc) is 2.63. The molecule has 0 bridgehead atoms. The Kier molecular flexibility index (Phi) is 21.8. The van der Waals surface area contributed by atoms with Crippen LogP contribution in [0.15, 0.2) is 0 Å². The fraction of sp³-hybridized carbons (Fsp3) is 1.00. The van der Waals surface area contributed by atoms with Crippen molar-refractivity contribution in [3.05, 3.63) is 0 Å². The lowest BCUT2D eigenvalue weighted by molar-refractivity contribution is 0.00436. The molecule has 0 aromatic rings. The van der Waals surface area contributed by atoms with Crippen LogP contribution in [-0.4, -0.2) is 110 Å². The molecule has 0 aliphatic rings. The fourth-order valence-electron chi connectivity index (χ4n) is 1.49. The number of hydrogen-bond acceptors (Lipinski definition) is 9. The average molecular weight is 387 g/mol. The Morgan fingerprint density at radius 3 is 0.960 bits per heavy atom. The van der Waals surface area contributed by atoms with Crippen LogP contribution < -0.4 is 0 Å². The SMILES string of the molecule is COCCOCCO[SiH](OCCOCCOC)OCCOCCOC. The monoisotopic (exact) mass is 386 g/mol. The fourth-order valence-corrected chi connectivity index (χ4v) is 2.64. The van der Waals surface area contributed by atoms with E-state index in [1.54, 1.807) is 21.3 Å². The molecule has 9 nitrogen and oxygen atoms in total. The van der Waals surface area contributed by atoms with Gasteiger partial charge in [0.15, 0.2) is 0 Å². The van der Waals surface area contributed by atoms with Gasteiger partial charge in [-0.2, -0.15) is 0 Å². The summed E-state index contributed by atoms with van der Waals surface area (Å²) in [5.74, 6) is 0. The number of hydrogen-bond donors (Lipinski definition) is 0. The Morgan fingerprint density at radius 2 is 0.680 bits per heavy atom. The van der Waals surface area contributed by atoms with Crippen molar-refractivity contribution in [2.24, 2.45) is 0 Å². The third-order valence-corrected chi connectivity index (χ3v) is 4.26. The summed E-state index contributed by atoms with van der Waals surface area (Å²) in [7, 11) is 2.65. The number of ether oxygens (including phenoxy) is 6. The van der Waals surface area contributed by atoms with E-state index in [9.17, 15) is 0 Å². The molecule has 0 rings (SSSR count). The standard InChI is InChI=1S/C15H34O9Si/c1-16-4-7-19-10-13-22-25(23-14-11-20-8-5-17-2)24-15-12-21-9-6-18-3/h25H,4-15H2,1-3H3. The Morgan fingerprint density at radius 1 is 0.400 bits per heavy atom. The van der Waals surface area contributed by atoms with E-state index in [1.807, 2.05) is 0 Å². The molecule has 0 N–H and O–H groups in total. The van der Waals surface area contributed by atoms with Gasteiger partial charge in [0, 0.05) is 21.3 Å². The Balaban J connectivity index is 3.76. The van der Waals surface area contributed by atoms with Crippen molar-refractivity contribution in [2.75, 3.05) is 101 Å². The zero-order valence-electron chi connectivity index (χ0n) is 15.7. The first-order chi connectivity index (χ1) is 12.3. The van der Waals surface area contributed by atoms with Gasteiger partial charge in [0.05, 0.1) is 79.3 Å². The second-order valence-electron chi connectivity index (χ2n) is 4.72. The molecular weight excluding hydrogens is 352 g/mol. The molecule has 0 spiro atoms. The lowest BCUT2D eigenvalue weighted by Gasteiger charge is -2.17. The van der Waals surface area contributed by atoms with Crippen molar-refractivity contribution in [3.8, 4) is 0 Å². The lowest BCUT2D eigenvalue weighted by Crippen LogP contribution is -2.31. The molecule has 0 amide bonds. The van der Waals surface area contributed by atoms with Gasteiger partial charge in [-0.25, -0.2) is 0 Å². The van der Waals surface area contributed by atoms with Crippen LogP contribution in [0.2, 0.25) is 0 Å². The minimum atomic E-state index is -2.24. The van der Waals surface area contributed by atoms with Gasteiger partial charge in [0.2, 0.25) is 0 Å². The van der Waals surface area contributed by atoms with Crippen molar-refractivity contribution in [1.82, 2.24) is 0 Å². The zero-order valence-corrected chi connectivity index (χ0v) is 16.9. The summed E-state index contributed by atoms with van der Waals surface area (Å²) in [4.78, 5) is 0. The van der Waals surface area contributed by atoms with E-state index in [4.69, 9.17) is 41.7 Å². The number of rotatable bonds is 21. The molecule has 0 aliphatic carbocycles. The first-order valence-electron chi connectivity index (χ1n) is 8.40. The molecule has 0 saturated carbocycles. The normalized spacial score (nSPS) is 11.5. The smallest absolute Gasteiger partial charge is 0.382 e. The van der Waals surface area contributed by atoms with Crippen LogP contribution in [0.25, 0.3) is 0 Å². The third-order valence-electron chi connectivity index (χ3n) is 2.74. The minimum Gasteiger partial charge on any atom is -0.382 e. The van der Waals surface area contributed by atoms with Gasteiger partial charge in [-0.1, -0.05) is 0 Å². The summed E-state index contributed by atoms with van der Waals surface area (Å²) in [5, 5.41) is 0. The zero-order chi connectivity index (χ0) is 18.4. The molecular formula is C15H34O9Si. The molecule has 0 aromatic heterocycles. The first-order valence-corrected chi connectivity index (χ1v) is 9.81. The van der Waals surface area contributed by atoms with Crippen molar-refractivity contribution in [2.45, 2.75) is 0 Å². The van der Waals surface area contributed by atoms with Gasteiger partial charge in [-0.15, -0.1) is 0 Å². The van der Waals surface area contributed by atoms with E-state index >= 15 is 0 Å². The molecule has 0 fully saturated rings. The van der Waals surface area contributed by atoms with Crippen LogP contribution in [0, 0.1) is 0 Å². The summed E-state index contributed by atoms with van der Waals surface area (Å²) < 4.78 is 47.7. The molecule has 0 aliphatic heterocycles. The van der Waals surface area contributed by atoms with E-state index in [0.29, 0.717) is 79.3 Å². The van der Waals surface area contributed by atoms with Crippen molar-refractivity contribution < 1.29 is 41.7 Å². The van der Waals surface area contributed by atoms with Gasteiger partial charge in [0.1, 0.15) is 0 Å². The summed E-state index contributed by atoms with van der Waals surface area (Å²) in [6.07, 6.45) is 0. The summed E-state index contributed by atoms with van der Waals surface area (Å²) >= 11 is 0. The molecule has 25 heavy (non-hydrogen) atoms. The Labute approximate surface area is 152 Å². The van der Waals surface area contributed by atoms with Crippen LogP contribution in [-0.2, 0) is 41.7 Å². The summed E-state index contributed by atoms with van der Waals surface area (Å²) in [5.41, 5.74) is 0. The quantitative estimate of drug-likeness (QED) is 0.196. The molecule has 0 atom stereocenters. The molecule has 0 aromatic carbocycles. The Bertz CT molecular complexity index is 211. The highest BCUT2D eigenvalue weighted by atomic mass is 28.3. The van der Waals surface area contributed by atoms with Crippen LogP contribution >= 0.6 is 0 Å². The van der Waals surface area contributed by atoms with E-state index in [2.05, 4.69) is 0 Å². The molecule has 0 saturated heterocycles. The highest BCUT2D eigenvalue weighted by Gasteiger charge is 2.15. The highest BCUT2D eigenvalue weighted by molar-refractivity contribution is 6.36. The van der Waals surface area contributed by atoms with E-state index in [0.717, 1.165) is 0 Å². The predicted molar refractivity (Wildman–Crippen MR) is 93.1 cm³/mol. The highest BCUT2D eigenvalue weighted by Crippen LogP contribution is 1.95. The largest absolute Gasteiger partial charge is 0.484 e. The predicted octanol–water partition coefficient (Wildman–Crippen LogP) is -0.258. The summed E-state index contributed by atoms with van der Waals surface area (Å²) in [6.45, 7) is 5.93. The van der Waals surface area contributed by atoms with E-state index < -0.39 is 9.53 Å². The molecule has 10 heteroatoms. The third kappa shape index (κ3) is 20.0. The lowest BCUT2D eigenvalue weighted by atomic mass is 10.7. The number of methoxy groups -OCH3 is 3. The van der Waals surface area contributed by atoms with Crippen LogP contribution in [0.5, 0.6) is 0 Å². The van der Waals surface area contributed by atoms with E-state index in [1.165, 1.54) is 0 Å². The molecule has 0 radical (unpaired) electrons. The van der Waals surface area contributed by atoms with Crippen LogP contribution in [0.1, 0.15) is 0 Å². The van der Waals surface area contributed by atoms with Crippen LogP contribution in [0.4, 0.5) is 0 Å². The topological polar surface area (TPSA) is 83.1 Å². The first kappa shape index (κ1) is 24.9. The van der Waals surface area contributed by atoms with Gasteiger partial charge in [-0.05, 0) is 0 Å². The molecule has 0 heterocycles. The van der Waals surface area contributed by atoms with Crippen molar-refractivity contribution >= 4 is 9.53 Å². The molecule has 152 valence electrons. The maximum atomic E-state index is 5.65. The van der Waals surface area contributed by atoms with Gasteiger partial charge < -0.3 is 41.7 Å². The molecule has 0 unspecified atom stereocenters. The van der Waals surface area contributed by atoms with Gasteiger partial charge in [-0.3, -0.25) is 0 Å². The maximum absolute atomic E-state index is 5.65. The second kappa shape index (κ2) is 21.9. The van der Waals surface area contributed by atoms with Crippen molar-refractivity contribution in [3.63, 3.8) is 0 Å². The van der Waals surface area contributed by atoms with Gasteiger partial charge >= 0.3 is 9.53 Å².